The maximum absolute atomic E-state index is 12.3. The Labute approximate surface area is 106 Å². The van der Waals surface area contributed by atoms with Gasteiger partial charge in [-0.1, -0.05) is 6.07 Å². The Balaban J connectivity index is 2.10. The first-order valence-corrected chi connectivity index (χ1v) is 6.08. The predicted molar refractivity (Wildman–Crippen MR) is 62.2 cm³/mol. The van der Waals surface area contributed by atoms with E-state index in [1.807, 2.05) is 17.5 Å². The van der Waals surface area contributed by atoms with E-state index < -0.39 is 17.8 Å². The zero-order chi connectivity index (χ0) is 13.2. The van der Waals surface area contributed by atoms with Gasteiger partial charge in [0.15, 0.2) is 0 Å². The van der Waals surface area contributed by atoms with Crippen LogP contribution in [-0.4, -0.2) is 10.1 Å². The van der Waals surface area contributed by atoms with Crippen molar-refractivity contribution in [3.63, 3.8) is 0 Å². The largest absolute Gasteiger partial charge is 0.417 e. The molecule has 1 N–H and O–H groups in total. The van der Waals surface area contributed by atoms with E-state index in [2.05, 4.69) is 4.98 Å². The van der Waals surface area contributed by atoms with Gasteiger partial charge >= 0.3 is 6.18 Å². The third kappa shape index (κ3) is 3.08. The Kier molecular flexibility index (Phi) is 3.68. The molecule has 0 aromatic carbocycles. The summed E-state index contributed by atoms with van der Waals surface area (Å²) >= 11 is 1.49. The van der Waals surface area contributed by atoms with Crippen LogP contribution in [0.2, 0.25) is 0 Å². The minimum absolute atomic E-state index is 0.247. The van der Waals surface area contributed by atoms with Crippen LogP contribution >= 0.6 is 11.3 Å². The van der Waals surface area contributed by atoms with Crippen molar-refractivity contribution in [2.24, 2.45) is 0 Å². The molecular formula is C12H10F3NOS. The monoisotopic (exact) mass is 273 g/mol. The topological polar surface area (TPSA) is 33.1 Å². The highest BCUT2D eigenvalue weighted by molar-refractivity contribution is 7.09. The van der Waals surface area contributed by atoms with E-state index in [0.717, 1.165) is 17.1 Å². The standard InChI is InChI=1S/C12H10F3NOS/c13-12(14,15)8-3-4-10(16-7-8)11(17)6-9-2-1-5-18-9/h1-5,7,11,17H,6H2. The quantitative estimate of drug-likeness (QED) is 0.929. The second kappa shape index (κ2) is 5.07. The van der Waals surface area contributed by atoms with Gasteiger partial charge in [0.25, 0.3) is 0 Å². The Morgan fingerprint density at radius 1 is 1.28 bits per heavy atom. The van der Waals surface area contributed by atoms with Crippen LogP contribution in [0.15, 0.2) is 35.8 Å². The highest BCUT2D eigenvalue weighted by Gasteiger charge is 2.30. The summed E-state index contributed by atoms with van der Waals surface area (Å²) in [6, 6.07) is 5.85. The molecule has 0 radical (unpaired) electrons. The fraction of sp³-hybridized carbons (Fsp3) is 0.250. The molecule has 6 heteroatoms. The summed E-state index contributed by atoms with van der Waals surface area (Å²) in [6.07, 6.45) is -4.18. The minimum Gasteiger partial charge on any atom is -0.386 e. The summed E-state index contributed by atoms with van der Waals surface area (Å²) in [6.45, 7) is 0. The van der Waals surface area contributed by atoms with Gasteiger partial charge in [-0.15, -0.1) is 11.3 Å². The lowest BCUT2D eigenvalue weighted by Crippen LogP contribution is -2.08. The number of halogens is 3. The average Bonchev–Trinajstić information content (AvgIpc) is 2.81. The van der Waals surface area contributed by atoms with Gasteiger partial charge in [0, 0.05) is 17.5 Å². The van der Waals surface area contributed by atoms with Crippen LogP contribution in [-0.2, 0) is 12.6 Å². The van der Waals surface area contributed by atoms with Gasteiger partial charge < -0.3 is 5.11 Å². The Bertz CT molecular complexity index is 493. The van der Waals surface area contributed by atoms with Crippen molar-refractivity contribution in [1.82, 2.24) is 4.98 Å². The smallest absolute Gasteiger partial charge is 0.386 e. The number of aliphatic hydroxyl groups is 1. The third-order valence-corrected chi connectivity index (χ3v) is 3.33. The Morgan fingerprint density at radius 2 is 2.06 bits per heavy atom. The Morgan fingerprint density at radius 3 is 2.56 bits per heavy atom. The van der Waals surface area contributed by atoms with Crippen LogP contribution < -0.4 is 0 Å². The number of pyridine rings is 1. The van der Waals surface area contributed by atoms with E-state index in [0.29, 0.717) is 6.42 Å². The van der Waals surface area contributed by atoms with Crippen molar-refractivity contribution < 1.29 is 18.3 Å². The lowest BCUT2D eigenvalue weighted by atomic mass is 10.1. The summed E-state index contributed by atoms with van der Waals surface area (Å²) in [5.74, 6) is 0. The molecule has 96 valence electrons. The number of alkyl halides is 3. The molecule has 0 aliphatic carbocycles. The summed E-state index contributed by atoms with van der Waals surface area (Å²) < 4.78 is 37.0. The molecule has 18 heavy (non-hydrogen) atoms. The fourth-order valence-corrected chi connectivity index (χ4v) is 2.24. The molecule has 2 nitrogen and oxygen atoms in total. The van der Waals surface area contributed by atoms with Gasteiger partial charge in [0.1, 0.15) is 6.10 Å². The van der Waals surface area contributed by atoms with Crippen molar-refractivity contribution in [1.29, 1.82) is 0 Å². The summed E-state index contributed by atoms with van der Waals surface area (Å²) in [7, 11) is 0. The molecule has 0 aliphatic rings. The number of hydrogen-bond acceptors (Lipinski definition) is 3. The number of nitrogens with zero attached hydrogens (tertiary/aromatic N) is 1. The van der Waals surface area contributed by atoms with Crippen molar-refractivity contribution in [3.8, 4) is 0 Å². The highest BCUT2D eigenvalue weighted by atomic mass is 32.1. The van der Waals surface area contributed by atoms with E-state index in [1.165, 1.54) is 17.4 Å². The molecule has 1 unspecified atom stereocenters. The van der Waals surface area contributed by atoms with Gasteiger partial charge in [-0.3, -0.25) is 4.98 Å². The highest BCUT2D eigenvalue weighted by Crippen LogP contribution is 2.29. The minimum atomic E-state index is -4.40. The van der Waals surface area contributed by atoms with Gasteiger partial charge in [0.2, 0.25) is 0 Å². The SMILES string of the molecule is OC(Cc1cccs1)c1ccc(C(F)(F)F)cn1. The summed E-state index contributed by atoms with van der Waals surface area (Å²) in [5.41, 5.74) is -0.564. The van der Waals surface area contributed by atoms with Crippen LogP contribution in [0.1, 0.15) is 22.2 Å². The maximum Gasteiger partial charge on any atom is 0.417 e. The molecule has 2 rings (SSSR count). The van der Waals surface area contributed by atoms with E-state index in [4.69, 9.17) is 0 Å². The lowest BCUT2D eigenvalue weighted by Gasteiger charge is -2.10. The molecule has 0 saturated heterocycles. The van der Waals surface area contributed by atoms with Crippen LogP contribution in [0.5, 0.6) is 0 Å². The van der Waals surface area contributed by atoms with E-state index in [9.17, 15) is 18.3 Å². The fourth-order valence-electron chi connectivity index (χ4n) is 1.49. The molecule has 0 saturated carbocycles. The van der Waals surface area contributed by atoms with E-state index in [1.54, 1.807) is 0 Å². The Hall–Kier alpha value is -1.40. The first-order valence-electron chi connectivity index (χ1n) is 5.20. The van der Waals surface area contributed by atoms with Gasteiger partial charge in [-0.05, 0) is 23.6 Å². The van der Waals surface area contributed by atoms with Gasteiger partial charge in [-0.2, -0.15) is 13.2 Å². The maximum atomic E-state index is 12.3. The van der Waals surface area contributed by atoms with Gasteiger partial charge in [-0.25, -0.2) is 0 Å². The number of thiophene rings is 1. The molecule has 2 heterocycles. The lowest BCUT2D eigenvalue weighted by molar-refractivity contribution is -0.137. The molecule has 0 fully saturated rings. The summed E-state index contributed by atoms with van der Waals surface area (Å²) in [4.78, 5) is 4.62. The number of aromatic nitrogens is 1. The van der Waals surface area contributed by atoms with E-state index in [-0.39, 0.29) is 5.69 Å². The molecular weight excluding hydrogens is 263 g/mol. The molecule has 0 amide bonds. The second-order valence-electron chi connectivity index (χ2n) is 3.77. The van der Waals surface area contributed by atoms with Crippen LogP contribution in [0.4, 0.5) is 13.2 Å². The predicted octanol–water partition coefficient (Wildman–Crippen LogP) is 3.44. The van der Waals surface area contributed by atoms with Crippen LogP contribution in [0, 0.1) is 0 Å². The average molecular weight is 273 g/mol. The molecule has 0 aliphatic heterocycles. The zero-order valence-electron chi connectivity index (χ0n) is 9.19. The van der Waals surface area contributed by atoms with Crippen molar-refractivity contribution in [2.45, 2.75) is 18.7 Å². The first-order chi connectivity index (χ1) is 8.47. The molecule has 0 bridgehead atoms. The van der Waals surface area contributed by atoms with Crippen LogP contribution in [0.25, 0.3) is 0 Å². The molecule has 1 atom stereocenters. The number of aliphatic hydroxyl groups excluding tert-OH is 1. The molecule has 2 aromatic rings. The molecule has 0 spiro atoms. The van der Waals surface area contributed by atoms with Crippen molar-refractivity contribution in [3.05, 3.63) is 52.0 Å². The first kappa shape index (κ1) is 13.0. The number of rotatable bonds is 3. The molecule has 2 aromatic heterocycles. The summed E-state index contributed by atoms with van der Waals surface area (Å²) in [5, 5.41) is 11.7. The van der Waals surface area contributed by atoms with Crippen molar-refractivity contribution >= 4 is 11.3 Å². The van der Waals surface area contributed by atoms with E-state index >= 15 is 0 Å². The van der Waals surface area contributed by atoms with Crippen molar-refractivity contribution in [2.75, 3.05) is 0 Å². The number of hydrogen-bond donors (Lipinski definition) is 1. The van der Waals surface area contributed by atoms with Gasteiger partial charge in [0.05, 0.1) is 11.3 Å². The normalized spacial score (nSPS) is 13.6. The zero-order valence-corrected chi connectivity index (χ0v) is 10.0. The van der Waals surface area contributed by atoms with Crippen LogP contribution in [0.3, 0.4) is 0 Å². The second-order valence-corrected chi connectivity index (χ2v) is 4.80. The third-order valence-electron chi connectivity index (χ3n) is 2.43.